The molecular weight excluding hydrogens is 326 g/mol. The van der Waals surface area contributed by atoms with Gasteiger partial charge >= 0.3 is 6.61 Å². The minimum absolute atomic E-state index is 0.104. The van der Waals surface area contributed by atoms with Crippen LogP contribution in [0.2, 0.25) is 0 Å². The quantitative estimate of drug-likeness (QED) is 0.602. The van der Waals surface area contributed by atoms with Crippen LogP contribution in [0, 0.1) is 0 Å². The van der Waals surface area contributed by atoms with Crippen LogP contribution in [0.15, 0.2) is 53.4 Å². The molecule has 0 aliphatic heterocycles. The zero-order valence-corrected chi connectivity index (χ0v) is 13.3. The molecule has 7 heteroatoms. The van der Waals surface area contributed by atoms with Crippen molar-refractivity contribution in [3.05, 3.63) is 48.5 Å². The van der Waals surface area contributed by atoms with Crippen LogP contribution < -0.4 is 15.4 Å². The zero-order valence-electron chi connectivity index (χ0n) is 11.7. The molecule has 116 valence electrons. The van der Waals surface area contributed by atoms with E-state index in [9.17, 15) is 8.78 Å². The van der Waals surface area contributed by atoms with Crippen LogP contribution in [0.3, 0.4) is 0 Å². The van der Waals surface area contributed by atoms with Crippen molar-refractivity contribution in [2.75, 3.05) is 16.9 Å². The lowest BCUT2D eigenvalue weighted by Gasteiger charge is -2.12. The van der Waals surface area contributed by atoms with Crippen LogP contribution in [0.4, 0.5) is 20.2 Å². The lowest BCUT2D eigenvalue weighted by Crippen LogP contribution is -2.19. The average molecular weight is 340 g/mol. The number of thiocarbonyl (C=S) groups is 1. The van der Waals surface area contributed by atoms with Crippen molar-refractivity contribution in [1.82, 2.24) is 0 Å². The highest BCUT2D eigenvalue weighted by molar-refractivity contribution is 7.98. The molecule has 0 amide bonds. The van der Waals surface area contributed by atoms with Crippen LogP contribution in [0.1, 0.15) is 0 Å². The van der Waals surface area contributed by atoms with Gasteiger partial charge in [-0.3, -0.25) is 0 Å². The molecule has 0 saturated carbocycles. The number of nitrogens with one attached hydrogen (secondary N) is 2. The SMILES string of the molecule is CSc1cccc(NC(=S)Nc2ccc(OC(F)F)cc2)c1. The average Bonchev–Trinajstić information content (AvgIpc) is 2.49. The zero-order chi connectivity index (χ0) is 15.9. The molecule has 0 atom stereocenters. The van der Waals surface area contributed by atoms with Gasteiger partial charge in [0.2, 0.25) is 0 Å². The molecule has 0 aliphatic carbocycles. The van der Waals surface area contributed by atoms with Crippen molar-refractivity contribution >= 4 is 40.5 Å². The monoisotopic (exact) mass is 340 g/mol. The summed E-state index contributed by atoms with van der Waals surface area (Å²) < 4.78 is 28.4. The third-order valence-corrected chi connectivity index (χ3v) is 3.59. The highest BCUT2D eigenvalue weighted by Crippen LogP contribution is 2.20. The van der Waals surface area contributed by atoms with Gasteiger partial charge in [-0.1, -0.05) is 6.07 Å². The number of halogens is 2. The maximum absolute atomic E-state index is 12.1. The van der Waals surface area contributed by atoms with Crippen LogP contribution in [0.25, 0.3) is 0 Å². The number of anilines is 2. The Balaban J connectivity index is 1.93. The van der Waals surface area contributed by atoms with Gasteiger partial charge in [0.05, 0.1) is 0 Å². The second-order valence-corrected chi connectivity index (χ2v) is 5.50. The molecule has 0 spiro atoms. The molecule has 2 N–H and O–H groups in total. The molecule has 0 saturated heterocycles. The number of hydrogen-bond donors (Lipinski definition) is 2. The van der Waals surface area contributed by atoms with Crippen molar-refractivity contribution in [3.63, 3.8) is 0 Å². The van der Waals surface area contributed by atoms with E-state index in [2.05, 4.69) is 15.4 Å². The molecule has 3 nitrogen and oxygen atoms in total. The number of rotatable bonds is 5. The molecule has 0 heterocycles. The summed E-state index contributed by atoms with van der Waals surface area (Å²) in [6.07, 6.45) is 2.00. The molecule has 2 rings (SSSR count). The number of hydrogen-bond acceptors (Lipinski definition) is 3. The van der Waals surface area contributed by atoms with Gasteiger partial charge in [-0.05, 0) is 60.9 Å². The molecule has 2 aromatic carbocycles. The number of alkyl halides is 2. The van der Waals surface area contributed by atoms with Gasteiger partial charge in [0, 0.05) is 16.3 Å². The fraction of sp³-hybridized carbons (Fsp3) is 0.133. The smallest absolute Gasteiger partial charge is 0.387 e. The van der Waals surface area contributed by atoms with E-state index in [1.54, 1.807) is 23.9 Å². The standard InChI is InChI=1S/C15H14F2N2OS2/c1-22-13-4-2-3-11(9-13)19-15(21)18-10-5-7-12(8-6-10)20-14(16)17/h2-9,14H,1H3,(H2,18,19,21). The molecule has 2 aromatic rings. The predicted molar refractivity (Wildman–Crippen MR) is 91.1 cm³/mol. The van der Waals surface area contributed by atoms with Gasteiger partial charge in [-0.25, -0.2) is 0 Å². The minimum Gasteiger partial charge on any atom is -0.435 e. The summed E-state index contributed by atoms with van der Waals surface area (Å²) in [4.78, 5) is 1.13. The van der Waals surface area contributed by atoms with E-state index in [1.165, 1.54) is 12.1 Å². The summed E-state index contributed by atoms with van der Waals surface area (Å²) in [6, 6.07) is 14.0. The summed E-state index contributed by atoms with van der Waals surface area (Å²) in [6.45, 7) is -2.83. The van der Waals surface area contributed by atoms with E-state index < -0.39 is 6.61 Å². The Morgan fingerprint density at radius 2 is 1.77 bits per heavy atom. The highest BCUT2D eigenvalue weighted by Gasteiger charge is 2.04. The van der Waals surface area contributed by atoms with E-state index in [4.69, 9.17) is 12.2 Å². The summed E-state index contributed by atoms with van der Waals surface area (Å²) in [5.41, 5.74) is 1.56. The predicted octanol–water partition coefficient (Wildman–Crippen LogP) is 4.82. The topological polar surface area (TPSA) is 33.3 Å². The molecular formula is C15H14F2N2OS2. The Bertz CT molecular complexity index is 636. The fourth-order valence-corrected chi connectivity index (χ4v) is 2.41. The maximum Gasteiger partial charge on any atom is 0.387 e. The summed E-state index contributed by atoms with van der Waals surface area (Å²) in [5, 5.41) is 6.46. The second kappa shape index (κ2) is 7.95. The second-order valence-electron chi connectivity index (χ2n) is 4.21. The third-order valence-electron chi connectivity index (χ3n) is 2.66. The van der Waals surface area contributed by atoms with E-state index in [1.807, 2.05) is 30.5 Å². The number of ether oxygens (including phenoxy) is 1. The molecule has 22 heavy (non-hydrogen) atoms. The van der Waals surface area contributed by atoms with Gasteiger partial charge in [-0.2, -0.15) is 8.78 Å². The van der Waals surface area contributed by atoms with Gasteiger partial charge in [0.1, 0.15) is 5.75 Å². The van der Waals surface area contributed by atoms with Crippen molar-refractivity contribution in [1.29, 1.82) is 0 Å². The largest absolute Gasteiger partial charge is 0.435 e. The Morgan fingerprint density at radius 1 is 1.09 bits per heavy atom. The summed E-state index contributed by atoms with van der Waals surface area (Å²) >= 11 is 6.86. The van der Waals surface area contributed by atoms with Crippen molar-refractivity contribution in [3.8, 4) is 5.75 Å². The summed E-state index contributed by atoms with van der Waals surface area (Å²) in [5.74, 6) is 0.104. The molecule has 0 aromatic heterocycles. The normalized spacial score (nSPS) is 10.4. The van der Waals surface area contributed by atoms with Crippen LogP contribution in [-0.4, -0.2) is 18.0 Å². The van der Waals surface area contributed by atoms with Crippen molar-refractivity contribution < 1.29 is 13.5 Å². The Kier molecular flexibility index (Phi) is 5.97. The first-order valence-electron chi connectivity index (χ1n) is 6.34. The van der Waals surface area contributed by atoms with E-state index in [-0.39, 0.29) is 5.75 Å². The third kappa shape index (κ3) is 5.16. The number of thioether (sulfide) groups is 1. The van der Waals surface area contributed by atoms with Crippen LogP contribution >= 0.6 is 24.0 Å². The summed E-state index contributed by atoms with van der Waals surface area (Å²) in [7, 11) is 0. The molecule has 0 unspecified atom stereocenters. The maximum atomic E-state index is 12.1. The van der Waals surface area contributed by atoms with Gasteiger partial charge < -0.3 is 15.4 Å². The molecule has 0 bridgehead atoms. The van der Waals surface area contributed by atoms with E-state index in [0.29, 0.717) is 10.8 Å². The van der Waals surface area contributed by atoms with Crippen molar-refractivity contribution in [2.24, 2.45) is 0 Å². The Labute approximate surface area is 137 Å². The molecule has 0 aliphatic rings. The highest BCUT2D eigenvalue weighted by atomic mass is 32.2. The lowest BCUT2D eigenvalue weighted by atomic mass is 10.3. The van der Waals surface area contributed by atoms with E-state index >= 15 is 0 Å². The number of benzene rings is 2. The minimum atomic E-state index is -2.83. The van der Waals surface area contributed by atoms with Crippen LogP contribution in [-0.2, 0) is 0 Å². The molecule has 0 fully saturated rings. The first-order chi connectivity index (χ1) is 10.6. The lowest BCUT2D eigenvalue weighted by molar-refractivity contribution is -0.0498. The van der Waals surface area contributed by atoms with Gasteiger partial charge in [-0.15, -0.1) is 11.8 Å². The molecule has 0 radical (unpaired) electrons. The van der Waals surface area contributed by atoms with E-state index in [0.717, 1.165) is 10.6 Å². The van der Waals surface area contributed by atoms with Gasteiger partial charge in [0.15, 0.2) is 5.11 Å². The van der Waals surface area contributed by atoms with Crippen molar-refractivity contribution in [2.45, 2.75) is 11.5 Å². The fourth-order valence-electron chi connectivity index (χ4n) is 1.71. The van der Waals surface area contributed by atoms with Gasteiger partial charge in [0.25, 0.3) is 0 Å². The Hall–Kier alpha value is -1.86. The van der Waals surface area contributed by atoms with Crippen LogP contribution in [0.5, 0.6) is 5.75 Å². The first-order valence-corrected chi connectivity index (χ1v) is 7.97. The Morgan fingerprint density at radius 3 is 2.41 bits per heavy atom. The first kappa shape index (κ1) is 16.5.